The first-order valence-electron chi connectivity index (χ1n) is 10.4. The topological polar surface area (TPSA) is 61.2 Å². The summed E-state index contributed by atoms with van der Waals surface area (Å²) in [6.07, 6.45) is 0.734. The van der Waals surface area contributed by atoms with Crippen LogP contribution < -0.4 is 10.3 Å². The summed E-state index contributed by atoms with van der Waals surface area (Å²) >= 11 is 1.47. The first-order valence-corrected chi connectivity index (χ1v) is 11.4. The van der Waals surface area contributed by atoms with E-state index in [-0.39, 0.29) is 11.3 Å². The molecule has 0 unspecified atom stereocenters. The zero-order chi connectivity index (χ0) is 22.5. The van der Waals surface area contributed by atoms with E-state index in [2.05, 4.69) is 12.1 Å². The van der Waals surface area contributed by atoms with Gasteiger partial charge >= 0.3 is 0 Å². The second-order valence-corrected chi connectivity index (χ2v) is 8.42. The Bertz CT molecular complexity index is 1320. The molecule has 0 amide bonds. The summed E-state index contributed by atoms with van der Waals surface area (Å²) in [6, 6.07) is 22.9. The third kappa shape index (κ3) is 4.75. The molecule has 162 valence electrons. The largest absolute Gasteiger partial charge is 0.496 e. The number of benzene rings is 3. The third-order valence-electron chi connectivity index (χ3n) is 5.34. The lowest BCUT2D eigenvalue weighted by atomic mass is 10.1. The molecular weight excluding hydrogens is 420 g/mol. The van der Waals surface area contributed by atoms with Gasteiger partial charge in [-0.1, -0.05) is 54.2 Å². The van der Waals surface area contributed by atoms with E-state index in [0.29, 0.717) is 39.7 Å². The van der Waals surface area contributed by atoms with E-state index in [1.54, 1.807) is 24.7 Å². The van der Waals surface area contributed by atoms with Gasteiger partial charge in [-0.15, -0.1) is 0 Å². The number of para-hydroxylation sites is 1. The lowest BCUT2D eigenvalue weighted by Gasteiger charge is -2.14. The molecular formula is C26H24N2O3S. The van der Waals surface area contributed by atoms with Gasteiger partial charge in [0.15, 0.2) is 10.9 Å². The highest BCUT2D eigenvalue weighted by Crippen LogP contribution is 2.28. The summed E-state index contributed by atoms with van der Waals surface area (Å²) in [5.41, 5.74) is 3.33. The quantitative estimate of drug-likeness (QED) is 0.214. The van der Waals surface area contributed by atoms with Gasteiger partial charge in [0.1, 0.15) is 5.75 Å². The van der Waals surface area contributed by atoms with Crippen LogP contribution in [-0.4, -0.2) is 22.4 Å². The van der Waals surface area contributed by atoms with E-state index in [1.807, 2.05) is 54.6 Å². The molecule has 1 heterocycles. The smallest absolute Gasteiger partial charge is 0.262 e. The highest BCUT2D eigenvalue weighted by Gasteiger charge is 2.14. The van der Waals surface area contributed by atoms with Crippen LogP contribution in [-0.2, 0) is 18.7 Å². The van der Waals surface area contributed by atoms with Gasteiger partial charge in [-0.3, -0.25) is 14.2 Å². The fraction of sp³-hybridized carbons (Fsp3) is 0.192. The molecule has 5 nitrogen and oxygen atoms in total. The first-order chi connectivity index (χ1) is 15.6. The number of aryl methyl sites for hydroxylation is 1. The summed E-state index contributed by atoms with van der Waals surface area (Å²) in [4.78, 5) is 29.9. The summed E-state index contributed by atoms with van der Waals surface area (Å²) in [6.45, 7) is 2.08. The van der Waals surface area contributed by atoms with E-state index < -0.39 is 0 Å². The number of methoxy groups -OCH3 is 1. The number of carbonyl (C=O) groups is 1. The summed E-state index contributed by atoms with van der Waals surface area (Å²) < 4.78 is 7.24. The Kier molecular flexibility index (Phi) is 6.71. The van der Waals surface area contributed by atoms with Crippen molar-refractivity contribution in [3.05, 3.63) is 99.8 Å². The molecule has 6 heteroatoms. The molecule has 0 saturated heterocycles. The minimum absolute atomic E-state index is 0.00232. The number of thioether (sulfide) groups is 1. The van der Waals surface area contributed by atoms with E-state index in [4.69, 9.17) is 9.72 Å². The van der Waals surface area contributed by atoms with Crippen molar-refractivity contribution in [1.82, 2.24) is 9.55 Å². The third-order valence-corrected chi connectivity index (χ3v) is 6.36. The molecule has 4 rings (SSSR count). The number of ether oxygens (including phenoxy) is 1. The maximum Gasteiger partial charge on any atom is 0.262 e. The average Bonchev–Trinajstić information content (AvgIpc) is 2.82. The van der Waals surface area contributed by atoms with Crippen LogP contribution in [0.1, 0.15) is 28.4 Å². The second-order valence-electron chi connectivity index (χ2n) is 7.48. The molecule has 0 bridgehead atoms. The Morgan fingerprint density at radius 2 is 1.78 bits per heavy atom. The standard InChI is InChI=1S/C26H24N2O3S/c1-18(29)20-12-13-24(31-2)21(16-20)17-32-26-27-23-11-7-6-10-22(23)25(30)28(26)15-14-19-8-4-3-5-9-19/h3-13,16H,14-15,17H2,1-2H3. The molecule has 0 radical (unpaired) electrons. The number of hydrogen-bond donors (Lipinski definition) is 0. The Morgan fingerprint density at radius 1 is 1.03 bits per heavy atom. The number of rotatable bonds is 8. The number of nitrogens with zero attached hydrogens (tertiary/aromatic N) is 2. The maximum absolute atomic E-state index is 13.3. The fourth-order valence-corrected chi connectivity index (χ4v) is 4.60. The van der Waals surface area contributed by atoms with Gasteiger partial charge in [0.25, 0.3) is 5.56 Å². The molecule has 0 spiro atoms. The van der Waals surface area contributed by atoms with Crippen LogP contribution in [0.5, 0.6) is 5.75 Å². The van der Waals surface area contributed by atoms with Gasteiger partial charge in [0, 0.05) is 23.4 Å². The molecule has 0 fully saturated rings. The molecule has 0 aliphatic heterocycles. The maximum atomic E-state index is 13.3. The van der Waals surface area contributed by atoms with Crippen molar-refractivity contribution in [2.45, 2.75) is 30.8 Å². The van der Waals surface area contributed by atoms with E-state index in [0.717, 1.165) is 12.0 Å². The Morgan fingerprint density at radius 3 is 2.53 bits per heavy atom. The van der Waals surface area contributed by atoms with Crippen molar-refractivity contribution >= 4 is 28.4 Å². The van der Waals surface area contributed by atoms with Crippen molar-refractivity contribution in [1.29, 1.82) is 0 Å². The molecule has 1 aromatic heterocycles. The zero-order valence-corrected chi connectivity index (χ0v) is 18.9. The monoisotopic (exact) mass is 444 g/mol. The van der Waals surface area contributed by atoms with Crippen molar-refractivity contribution in [2.75, 3.05) is 7.11 Å². The number of carbonyl (C=O) groups excluding carboxylic acids is 1. The minimum Gasteiger partial charge on any atom is -0.496 e. The van der Waals surface area contributed by atoms with Crippen LogP contribution in [0.2, 0.25) is 0 Å². The normalized spacial score (nSPS) is 10.9. The SMILES string of the molecule is COc1ccc(C(C)=O)cc1CSc1nc2ccccc2c(=O)n1CCc1ccccc1. The lowest BCUT2D eigenvalue weighted by molar-refractivity contribution is 0.101. The highest BCUT2D eigenvalue weighted by molar-refractivity contribution is 7.98. The van der Waals surface area contributed by atoms with Crippen LogP contribution in [0.4, 0.5) is 0 Å². The van der Waals surface area contributed by atoms with Gasteiger partial charge in [-0.25, -0.2) is 4.98 Å². The Labute approximate surface area is 191 Å². The molecule has 4 aromatic rings. The lowest BCUT2D eigenvalue weighted by Crippen LogP contribution is -2.24. The van der Waals surface area contributed by atoms with Gasteiger partial charge in [0.2, 0.25) is 0 Å². The predicted molar refractivity (Wildman–Crippen MR) is 129 cm³/mol. The number of aromatic nitrogens is 2. The number of hydrogen-bond acceptors (Lipinski definition) is 5. The van der Waals surface area contributed by atoms with Crippen molar-refractivity contribution in [3.63, 3.8) is 0 Å². The molecule has 0 N–H and O–H groups in total. The molecule has 32 heavy (non-hydrogen) atoms. The second kappa shape index (κ2) is 9.83. The molecule has 0 saturated carbocycles. The van der Waals surface area contributed by atoms with Gasteiger partial charge < -0.3 is 4.74 Å². The average molecular weight is 445 g/mol. The predicted octanol–water partition coefficient (Wildman–Crippen LogP) is 5.14. The highest BCUT2D eigenvalue weighted by atomic mass is 32.2. The molecule has 0 aliphatic carbocycles. The number of fused-ring (bicyclic) bond motifs is 1. The Hall–Kier alpha value is -3.38. The van der Waals surface area contributed by atoms with Gasteiger partial charge in [-0.05, 0) is 49.2 Å². The van der Waals surface area contributed by atoms with Crippen LogP contribution in [0, 0.1) is 0 Å². The van der Waals surface area contributed by atoms with E-state index in [9.17, 15) is 9.59 Å². The van der Waals surface area contributed by atoms with Crippen LogP contribution in [0.15, 0.2) is 82.7 Å². The molecule has 0 atom stereocenters. The van der Waals surface area contributed by atoms with Gasteiger partial charge in [0.05, 0.1) is 18.0 Å². The summed E-state index contributed by atoms with van der Waals surface area (Å²) in [7, 11) is 1.61. The molecule has 3 aromatic carbocycles. The summed E-state index contributed by atoms with van der Waals surface area (Å²) in [5.74, 6) is 1.24. The van der Waals surface area contributed by atoms with Crippen LogP contribution >= 0.6 is 11.8 Å². The van der Waals surface area contributed by atoms with Gasteiger partial charge in [-0.2, -0.15) is 0 Å². The van der Waals surface area contributed by atoms with E-state index in [1.165, 1.54) is 17.3 Å². The Balaban J connectivity index is 1.69. The summed E-state index contributed by atoms with van der Waals surface area (Å²) in [5, 5.41) is 1.26. The van der Waals surface area contributed by atoms with E-state index >= 15 is 0 Å². The zero-order valence-electron chi connectivity index (χ0n) is 18.1. The minimum atomic E-state index is -0.0431. The van der Waals surface area contributed by atoms with Crippen molar-refractivity contribution in [3.8, 4) is 5.75 Å². The first kappa shape index (κ1) is 21.8. The van der Waals surface area contributed by atoms with Crippen LogP contribution in [0.25, 0.3) is 10.9 Å². The number of ketones is 1. The molecule has 0 aliphatic rings. The van der Waals surface area contributed by atoms with Crippen molar-refractivity contribution in [2.24, 2.45) is 0 Å². The number of Topliss-reactive ketones (excluding diaryl/α,β-unsaturated/α-hetero) is 1. The fourth-order valence-electron chi connectivity index (χ4n) is 3.59. The van der Waals surface area contributed by atoms with Crippen molar-refractivity contribution < 1.29 is 9.53 Å². The van der Waals surface area contributed by atoms with Crippen LogP contribution in [0.3, 0.4) is 0 Å².